The lowest BCUT2D eigenvalue weighted by Gasteiger charge is -2.38. The first-order valence-electron chi connectivity index (χ1n) is 12.2. The lowest BCUT2D eigenvalue weighted by atomic mass is 9.94. The number of halogens is 1. The van der Waals surface area contributed by atoms with Crippen LogP contribution in [-0.4, -0.2) is 47.0 Å². The van der Waals surface area contributed by atoms with Crippen molar-refractivity contribution in [3.8, 4) is 0 Å². The first kappa shape index (κ1) is 24.2. The van der Waals surface area contributed by atoms with E-state index in [9.17, 15) is 4.79 Å². The van der Waals surface area contributed by atoms with Crippen molar-refractivity contribution >= 4 is 23.3 Å². The predicted molar refractivity (Wildman–Crippen MR) is 139 cm³/mol. The molecule has 0 saturated carbocycles. The zero-order valence-corrected chi connectivity index (χ0v) is 21.1. The van der Waals surface area contributed by atoms with Crippen molar-refractivity contribution in [2.45, 2.75) is 46.0 Å². The molecule has 0 spiro atoms. The van der Waals surface area contributed by atoms with E-state index in [2.05, 4.69) is 43.0 Å². The van der Waals surface area contributed by atoms with Gasteiger partial charge in [0.25, 0.3) is 0 Å². The summed E-state index contributed by atoms with van der Waals surface area (Å²) < 4.78 is 0. The van der Waals surface area contributed by atoms with Crippen LogP contribution in [0.1, 0.15) is 54.4 Å². The van der Waals surface area contributed by atoms with E-state index in [1.165, 1.54) is 11.1 Å². The molecule has 2 heterocycles. The number of hydrogen-bond donors (Lipinski definition) is 0. The largest absolute Gasteiger partial charge is 0.353 e. The van der Waals surface area contributed by atoms with Gasteiger partial charge in [-0.15, -0.1) is 0 Å². The summed E-state index contributed by atoms with van der Waals surface area (Å²) in [5.41, 5.74) is 4.55. The highest BCUT2D eigenvalue weighted by Crippen LogP contribution is 2.28. The van der Waals surface area contributed by atoms with Crippen molar-refractivity contribution in [3.63, 3.8) is 0 Å². The lowest BCUT2D eigenvalue weighted by Crippen LogP contribution is -2.50. The van der Waals surface area contributed by atoms with Crippen LogP contribution in [0.3, 0.4) is 0 Å². The molecule has 178 valence electrons. The van der Waals surface area contributed by atoms with E-state index >= 15 is 0 Å². The summed E-state index contributed by atoms with van der Waals surface area (Å²) in [6, 6.07) is 18.1. The topological polar surface area (TPSA) is 49.3 Å². The maximum Gasteiger partial charge on any atom is 0.230 e. The molecule has 3 aromatic rings. The Morgan fingerprint density at radius 1 is 0.971 bits per heavy atom. The van der Waals surface area contributed by atoms with Crippen LogP contribution in [0, 0.1) is 6.92 Å². The summed E-state index contributed by atoms with van der Waals surface area (Å²) >= 11 is 6.09. The highest BCUT2D eigenvalue weighted by atomic mass is 35.5. The van der Waals surface area contributed by atoms with Crippen LogP contribution in [0.15, 0.2) is 54.6 Å². The molecule has 2 aromatic carbocycles. The van der Waals surface area contributed by atoms with Gasteiger partial charge in [0, 0.05) is 48.9 Å². The van der Waals surface area contributed by atoms with Gasteiger partial charge >= 0.3 is 0 Å². The number of anilines is 1. The number of aryl methyl sites for hydroxylation is 2. The molecule has 6 heteroatoms. The molecule has 0 radical (unpaired) electrons. The Labute approximate surface area is 207 Å². The molecule has 1 atom stereocenters. The van der Waals surface area contributed by atoms with Gasteiger partial charge in [-0.3, -0.25) is 4.79 Å². The van der Waals surface area contributed by atoms with Gasteiger partial charge < -0.3 is 9.80 Å². The molecule has 1 aromatic heterocycles. The van der Waals surface area contributed by atoms with Gasteiger partial charge in [-0.05, 0) is 43.0 Å². The number of amides is 1. The Hall–Kier alpha value is -2.92. The Morgan fingerprint density at radius 2 is 1.65 bits per heavy atom. The third-order valence-corrected chi connectivity index (χ3v) is 6.86. The van der Waals surface area contributed by atoms with E-state index < -0.39 is 0 Å². The molecule has 1 aliphatic rings. The zero-order valence-electron chi connectivity index (χ0n) is 20.3. The van der Waals surface area contributed by atoms with E-state index in [1.54, 1.807) is 0 Å². The minimum atomic E-state index is -0.0822. The van der Waals surface area contributed by atoms with Gasteiger partial charge in [0.15, 0.2) is 0 Å². The second kappa shape index (κ2) is 11.0. The van der Waals surface area contributed by atoms with Gasteiger partial charge in [0.05, 0.1) is 5.92 Å². The van der Waals surface area contributed by atoms with Gasteiger partial charge in [0.2, 0.25) is 5.91 Å². The molecule has 1 fully saturated rings. The number of nitrogens with zero attached hydrogens (tertiary/aromatic N) is 4. The highest BCUT2D eigenvalue weighted by Gasteiger charge is 2.29. The molecular weight excluding hydrogens is 444 g/mol. The number of hydrogen-bond acceptors (Lipinski definition) is 4. The van der Waals surface area contributed by atoms with Crippen LogP contribution in [-0.2, 0) is 17.6 Å². The summed E-state index contributed by atoms with van der Waals surface area (Å²) in [5, 5.41) is 0.738. The minimum absolute atomic E-state index is 0.0822. The number of carbonyl (C=O) groups excluding carboxylic acids is 1. The van der Waals surface area contributed by atoms with E-state index in [0.29, 0.717) is 13.1 Å². The van der Waals surface area contributed by atoms with Crippen molar-refractivity contribution < 1.29 is 4.79 Å². The molecule has 0 bridgehead atoms. The number of aromatic nitrogens is 2. The van der Waals surface area contributed by atoms with Crippen molar-refractivity contribution in [3.05, 3.63) is 87.8 Å². The Bertz CT molecular complexity index is 1110. The predicted octanol–water partition coefficient (Wildman–Crippen LogP) is 5.43. The fourth-order valence-corrected chi connectivity index (χ4v) is 4.90. The quantitative estimate of drug-likeness (QED) is 0.456. The van der Waals surface area contributed by atoms with Gasteiger partial charge in [-0.2, -0.15) is 0 Å². The minimum Gasteiger partial charge on any atom is -0.353 e. The summed E-state index contributed by atoms with van der Waals surface area (Å²) in [7, 11) is 0. The maximum absolute atomic E-state index is 13.3. The molecule has 1 saturated heterocycles. The molecule has 0 N–H and O–H groups in total. The SMILES string of the molecule is CCc1nc(C)nc(N2CCN(C(=O)C(CC)c3ccccc3)CC2)c1Cc1ccc(Cl)cc1. The maximum atomic E-state index is 13.3. The third-order valence-electron chi connectivity index (χ3n) is 6.61. The molecule has 0 aliphatic carbocycles. The number of benzene rings is 2. The smallest absolute Gasteiger partial charge is 0.230 e. The van der Waals surface area contributed by atoms with Crippen LogP contribution in [0.5, 0.6) is 0 Å². The lowest BCUT2D eigenvalue weighted by molar-refractivity contribution is -0.133. The molecule has 5 nitrogen and oxygen atoms in total. The van der Waals surface area contributed by atoms with E-state index in [4.69, 9.17) is 21.6 Å². The Kier molecular flexibility index (Phi) is 7.84. The van der Waals surface area contributed by atoms with Crippen LogP contribution >= 0.6 is 11.6 Å². The fraction of sp³-hybridized carbons (Fsp3) is 0.393. The number of piperazine rings is 1. The monoisotopic (exact) mass is 476 g/mol. The fourth-order valence-electron chi connectivity index (χ4n) is 4.78. The van der Waals surface area contributed by atoms with Gasteiger partial charge in [-0.25, -0.2) is 9.97 Å². The number of rotatable bonds is 7. The van der Waals surface area contributed by atoms with Crippen molar-refractivity contribution in [2.75, 3.05) is 31.1 Å². The first-order chi connectivity index (χ1) is 16.5. The molecule has 1 amide bonds. The van der Waals surface area contributed by atoms with Crippen molar-refractivity contribution in [1.29, 1.82) is 0 Å². The standard InChI is InChI=1S/C28H33ClN4O/c1-4-24(22-9-7-6-8-10-22)28(34)33-17-15-32(16-18-33)27-25(26(5-2)30-20(3)31-27)19-21-11-13-23(29)14-12-21/h6-14,24H,4-5,15-19H2,1-3H3. The summed E-state index contributed by atoms with van der Waals surface area (Å²) in [5.74, 6) is 1.94. The summed E-state index contributed by atoms with van der Waals surface area (Å²) in [6.45, 7) is 9.13. The molecule has 34 heavy (non-hydrogen) atoms. The summed E-state index contributed by atoms with van der Waals surface area (Å²) in [4.78, 5) is 27.3. The van der Waals surface area contributed by atoms with Gasteiger partial charge in [0.1, 0.15) is 11.6 Å². The molecule has 4 rings (SSSR count). The first-order valence-corrected chi connectivity index (χ1v) is 12.6. The second-order valence-corrected chi connectivity index (χ2v) is 9.30. The molecular formula is C28H33ClN4O. The van der Waals surface area contributed by atoms with Gasteiger partial charge in [-0.1, -0.05) is 67.9 Å². The van der Waals surface area contributed by atoms with E-state index in [0.717, 1.165) is 60.3 Å². The van der Waals surface area contributed by atoms with E-state index in [1.807, 2.05) is 42.2 Å². The number of carbonyl (C=O) groups is 1. The highest BCUT2D eigenvalue weighted by molar-refractivity contribution is 6.30. The van der Waals surface area contributed by atoms with Crippen LogP contribution in [0.25, 0.3) is 0 Å². The van der Waals surface area contributed by atoms with Crippen molar-refractivity contribution in [2.24, 2.45) is 0 Å². The molecule has 1 aliphatic heterocycles. The Morgan fingerprint density at radius 3 is 2.26 bits per heavy atom. The van der Waals surface area contributed by atoms with Crippen LogP contribution in [0.4, 0.5) is 5.82 Å². The molecule has 1 unspecified atom stereocenters. The zero-order chi connectivity index (χ0) is 24.1. The average molecular weight is 477 g/mol. The Balaban J connectivity index is 1.53. The normalized spacial score (nSPS) is 14.8. The second-order valence-electron chi connectivity index (χ2n) is 8.86. The van der Waals surface area contributed by atoms with Crippen LogP contribution < -0.4 is 4.90 Å². The van der Waals surface area contributed by atoms with Crippen molar-refractivity contribution in [1.82, 2.24) is 14.9 Å². The third kappa shape index (κ3) is 5.41. The van der Waals surface area contributed by atoms with Crippen LogP contribution in [0.2, 0.25) is 5.02 Å². The average Bonchev–Trinajstić information content (AvgIpc) is 2.87. The van der Waals surface area contributed by atoms with E-state index in [-0.39, 0.29) is 11.8 Å². The summed E-state index contributed by atoms with van der Waals surface area (Å²) in [6.07, 6.45) is 2.42.